The molecule has 2 aromatic carbocycles. The summed E-state index contributed by atoms with van der Waals surface area (Å²) in [6, 6.07) is 21.6. The normalized spacial score (nSPS) is 10.4. The van der Waals surface area contributed by atoms with Crippen LogP contribution in [0.5, 0.6) is 0 Å². The number of para-hydroxylation sites is 1. The lowest BCUT2D eigenvalue weighted by Crippen LogP contribution is -1.99. The fourth-order valence-electron chi connectivity index (χ4n) is 2.73. The maximum absolute atomic E-state index is 8.79. The van der Waals surface area contributed by atoms with Gasteiger partial charge in [-0.2, -0.15) is 5.26 Å². The Kier molecular flexibility index (Phi) is 4.23. The third kappa shape index (κ3) is 3.21. The molecule has 0 aliphatic heterocycles. The van der Waals surface area contributed by atoms with Crippen molar-refractivity contribution in [2.45, 2.75) is 6.42 Å². The Morgan fingerprint density at radius 1 is 0.923 bits per heavy atom. The second-order valence-electron chi connectivity index (χ2n) is 5.81. The Bertz CT molecular complexity index is 1080. The first kappa shape index (κ1) is 15.7. The van der Waals surface area contributed by atoms with E-state index in [1.807, 2.05) is 60.7 Å². The van der Waals surface area contributed by atoms with Crippen molar-refractivity contribution < 1.29 is 0 Å². The molecule has 0 amide bonds. The summed E-state index contributed by atoms with van der Waals surface area (Å²) in [7, 11) is 0. The molecule has 0 spiro atoms. The van der Waals surface area contributed by atoms with E-state index in [1.165, 1.54) is 0 Å². The molecule has 0 saturated heterocycles. The fourth-order valence-corrected chi connectivity index (χ4v) is 2.73. The lowest BCUT2D eigenvalue weighted by Gasteiger charge is -2.11. The maximum atomic E-state index is 8.79. The number of pyridine rings is 1. The van der Waals surface area contributed by atoms with Crippen LogP contribution in [0, 0.1) is 11.3 Å². The van der Waals surface area contributed by atoms with E-state index in [4.69, 9.17) is 10.2 Å². The van der Waals surface area contributed by atoms with Crippen molar-refractivity contribution in [2.75, 3.05) is 5.32 Å². The Morgan fingerprint density at radius 2 is 1.77 bits per heavy atom. The Morgan fingerprint density at radius 3 is 2.54 bits per heavy atom. The molecule has 4 rings (SSSR count). The first-order valence-electron chi connectivity index (χ1n) is 8.23. The van der Waals surface area contributed by atoms with Gasteiger partial charge >= 0.3 is 0 Å². The zero-order valence-corrected chi connectivity index (χ0v) is 13.9. The van der Waals surface area contributed by atoms with Crippen molar-refractivity contribution in [2.24, 2.45) is 0 Å². The minimum absolute atomic E-state index is 0.405. The summed E-state index contributed by atoms with van der Waals surface area (Å²) in [4.78, 5) is 13.5. The van der Waals surface area contributed by atoms with Crippen LogP contribution in [0.15, 0.2) is 73.1 Å². The van der Waals surface area contributed by atoms with Gasteiger partial charge in [0.15, 0.2) is 5.82 Å². The minimum Gasteiger partial charge on any atom is -0.340 e. The zero-order chi connectivity index (χ0) is 17.8. The maximum Gasteiger partial charge on any atom is 0.163 e. The van der Waals surface area contributed by atoms with Gasteiger partial charge in [0.05, 0.1) is 18.0 Å². The van der Waals surface area contributed by atoms with Gasteiger partial charge in [-0.05, 0) is 42.0 Å². The molecule has 0 aliphatic carbocycles. The van der Waals surface area contributed by atoms with Gasteiger partial charge in [0.25, 0.3) is 0 Å². The Hall–Kier alpha value is -3.78. The summed E-state index contributed by atoms with van der Waals surface area (Å²) in [5.74, 6) is 1.36. The van der Waals surface area contributed by atoms with E-state index >= 15 is 0 Å². The average Bonchev–Trinajstić information content (AvgIpc) is 2.70. The number of nitriles is 1. The summed E-state index contributed by atoms with van der Waals surface area (Å²) >= 11 is 0. The summed E-state index contributed by atoms with van der Waals surface area (Å²) in [5.41, 5.74) is 3.63. The van der Waals surface area contributed by atoms with Crippen LogP contribution >= 0.6 is 0 Å². The molecule has 0 aliphatic rings. The average molecular weight is 337 g/mol. The van der Waals surface area contributed by atoms with E-state index in [0.29, 0.717) is 12.2 Å². The number of anilines is 2. The van der Waals surface area contributed by atoms with Crippen LogP contribution in [0.2, 0.25) is 0 Å². The quantitative estimate of drug-likeness (QED) is 0.593. The van der Waals surface area contributed by atoms with E-state index in [2.05, 4.69) is 21.4 Å². The lowest BCUT2D eigenvalue weighted by molar-refractivity contribution is 1.20. The Balaban J connectivity index is 1.77. The SMILES string of the molecule is N#CCc1ccc(Nc2nc(-c3cccnc3)nc3ccccc23)cc1. The van der Waals surface area contributed by atoms with Crippen molar-refractivity contribution in [1.29, 1.82) is 5.26 Å². The molecule has 26 heavy (non-hydrogen) atoms. The minimum atomic E-state index is 0.405. The molecule has 5 heteroatoms. The molecular weight excluding hydrogens is 322 g/mol. The number of nitrogens with one attached hydrogen (secondary N) is 1. The standard InChI is InChI=1S/C21H15N5/c22-12-11-15-7-9-17(10-8-15)24-21-18-5-1-2-6-19(18)25-20(26-21)16-4-3-13-23-14-16/h1-10,13-14H,11H2,(H,24,25,26). The van der Waals surface area contributed by atoms with Crippen molar-refractivity contribution in [3.63, 3.8) is 0 Å². The van der Waals surface area contributed by atoms with E-state index in [1.54, 1.807) is 12.4 Å². The highest BCUT2D eigenvalue weighted by molar-refractivity contribution is 5.92. The molecule has 4 aromatic rings. The molecule has 5 nitrogen and oxygen atoms in total. The van der Waals surface area contributed by atoms with Crippen LogP contribution in [0.4, 0.5) is 11.5 Å². The number of aromatic nitrogens is 3. The van der Waals surface area contributed by atoms with Gasteiger partial charge in [0.2, 0.25) is 0 Å². The van der Waals surface area contributed by atoms with E-state index in [0.717, 1.165) is 33.5 Å². The summed E-state index contributed by atoms with van der Waals surface area (Å²) in [5, 5.41) is 13.1. The van der Waals surface area contributed by atoms with Gasteiger partial charge in [-0.15, -0.1) is 0 Å². The molecule has 124 valence electrons. The van der Waals surface area contributed by atoms with Crippen LogP contribution in [0.1, 0.15) is 5.56 Å². The topological polar surface area (TPSA) is 74.5 Å². The van der Waals surface area contributed by atoms with Crippen LogP contribution in [0.25, 0.3) is 22.3 Å². The van der Waals surface area contributed by atoms with E-state index in [9.17, 15) is 0 Å². The van der Waals surface area contributed by atoms with Crippen LogP contribution in [0.3, 0.4) is 0 Å². The predicted molar refractivity (Wildman–Crippen MR) is 102 cm³/mol. The second-order valence-corrected chi connectivity index (χ2v) is 5.81. The second kappa shape index (κ2) is 6.99. The van der Waals surface area contributed by atoms with Gasteiger partial charge < -0.3 is 5.32 Å². The summed E-state index contributed by atoms with van der Waals surface area (Å²) in [6.45, 7) is 0. The predicted octanol–water partition coefficient (Wildman–Crippen LogP) is 4.50. The van der Waals surface area contributed by atoms with Gasteiger partial charge in [-0.25, -0.2) is 9.97 Å². The van der Waals surface area contributed by atoms with Gasteiger partial charge in [-0.3, -0.25) is 4.98 Å². The molecule has 2 aromatic heterocycles. The molecule has 0 fully saturated rings. The molecule has 0 radical (unpaired) electrons. The number of fused-ring (bicyclic) bond motifs is 1. The number of hydrogen-bond acceptors (Lipinski definition) is 5. The lowest BCUT2D eigenvalue weighted by atomic mass is 10.1. The van der Waals surface area contributed by atoms with E-state index in [-0.39, 0.29) is 0 Å². The first-order valence-corrected chi connectivity index (χ1v) is 8.23. The van der Waals surface area contributed by atoms with Gasteiger partial charge in [0, 0.05) is 29.0 Å². The van der Waals surface area contributed by atoms with Crippen LogP contribution in [-0.4, -0.2) is 15.0 Å². The summed E-state index contributed by atoms with van der Waals surface area (Å²) < 4.78 is 0. The monoisotopic (exact) mass is 337 g/mol. The molecule has 0 bridgehead atoms. The number of hydrogen-bond donors (Lipinski definition) is 1. The number of nitrogens with zero attached hydrogens (tertiary/aromatic N) is 4. The van der Waals surface area contributed by atoms with Gasteiger partial charge in [0.1, 0.15) is 5.82 Å². The number of rotatable bonds is 4. The van der Waals surface area contributed by atoms with Crippen LogP contribution < -0.4 is 5.32 Å². The summed E-state index contributed by atoms with van der Waals surface area (Å²) in [6.07, 6.45) is 3.89. The number of benzene rings is 2. The third-order valence-corrected chi connectivity index (χ3v) is 4.02. The first-order chi connectivity index (χ1) is 12.8. The molecule has 0 saturated carbocycles. The molecule has 2 heterocycles. The molecular formula is C21H15N5. The highest BCUT2D eigenvalue weighted by Gasteiger charge is 2.09. The van der Waals surface area contributed by atoms with Crippen molar-refractivity contribution in [1.82, 2.24) is 15.0 Å². The molecule has 0 unspecified atom stereocenters. The van der Waals surface area contributed by atoms with E-state index < -0.39 is 0 Å². The van der Waals surface area contributed by atoms with Crippen molar-refractivity contribution in [3.05, 3.63) is 78.6 Å². The van der Waals surface area contributed by atoms with Crippen LogP contribution in [-0.2, 0) is 6.42 Å². The largest absolute Gasteiger partial charge is 0.340 e. The fraction of sp³-hybridized carbons (Fsp3) is 0.0476. The van der Waals surface area contributed by atoms with Crippen molar-refractivity contribution >= 4 is 22.4 Å². The molecule has 1 N–H and O–H groups in total. The zero-order valence-electron chi connectivity index (χ0n) is 13.9. The Labute approximate surface area is 151 Å². The molecule has 0 atom stereocenters. The third-order valence-electron chi connectivity index (χ3n) is 4.02. The van der Waals surface area contributed by atoms with Gasteiger partial charge in [-0.1, -0.05) is 24.3 Å². The highest BCUT2D eigenvalue weighted by Crippen LogP contribution is 2.27. The highest BCUT2D eigenvalue weighted by atomic mass is 15.0. The van der Waals surface area contributed by atoms with Crippen molar-refractivity contribution in [3.8, 4) is 17.5 Å². The smallest absolute Gasteiger partial charge is 0.163 e.